The van der Waals surface area contributed by atoms with Crippen molar-refractivity contribution in [2.45, 2.75) is 19.9 Å². The molecule has 0 saturated carbocycles. The van der Waals surface area contributed by atoms with Gasteiger partial charge < -0.3 is 15.0 Å². The molecule has 1 atom stereocenters. The second-order valence-corrected chi connectivity index (χ2v) is 5.47. The molecule has 1 N–H and O–H groups in total. The van der Waals surface area contributed by atoms with Crippen molar-refractivity contribution in [2.75, 3.05) is 38.3 Å². The Labute approximate surface area is 107 Å². The van der Waals surface area contributed by atoms with Gasteiger partial charge in [-0.15, -0.1) is 11.3 Å². The van der Waals surface area contributed by atoms with Crippen LogP contribution in [0.1, 0.15) is 19.0 Å². The van der Waals surface area contributed by atoms with Gasteiger partial charge in [0.2, 0.25) is 0 Å². The molecule has 1 aromatic heterocycles. The highest BCUT2D eigenvalue weighted by atomic mass is 32.1. The topological polar surface area (TPSA) is 37.4 Å². The van der Waals surface area contributed by atoms with Crippen LogP contribution in [0.4, 0.5) is 5.13 Å². The van der Waals surface area contributed by atoms with Crippen molar-refractivity contribution in [3.63, 3.8) is 0 Å². The molecule has 0 aliphatic carbocycles. The smallest absolute Gasteiger partial charge is 0.185 e. The molecule has 0 spiro atoms. The van der Waals surface area contributed by atoms with Crippen molar-refractivity contribution < 1.29 is 4.74 Å². The van der Waals surface area contributed by atoms with Crippen LogP contribution in [0.3, 0.4) is 0 Å². The number of ether oxygens (including phenoxy) is 1. The summed E-state index contributed by atoms with van der Waals surface area (Å²) in [5, 5.41) is 6.65. The summed E-state index contributed by atoms with van der Waals surface area (Å²) < 4.78 is 4.99. The lowest BCUT2D eigenvalue weighted by atomic mass is 10.2. The van der Waals surface area contributed by atoms with E-state index in [1.807, 2.05) is 0 Å². The van der Waals surface area contributed by atoms with E-state index in [0.717, 1.165) is 44.4 Å². The van der Waals surface area contributed by atoms with Crippen LogP contribution >= 0.6 is 11.3 Å². The molecule has 17 heavy (non-hydrogen) atoms. The van der Waals surface area contributed by atoms with Crippen LogP contribution in [-0.2, 0) is 11.3 Å². The van der Waals surface area contributed by atoms with E-state index in [0.29, 0.717) is 0 Å². The largest absolute Gasteiger partial charge is 0.383 e. The lowest BCUT2D eigenvalue weighted by Gasteiger charge is -2.13. The lowest BCUT2D eigenvalue weighted by Crippen LogP contribution is -2.20. The summed E-state index contributed by atoms with van der Waals surface area (Å²) in [6, 6.07) is 0. The van der Waals surface area contributed by atoms with E-state index >= 15 is 0 Å². The van der Waals surface area contributed by atoms with E-state index in [4.69, 9.17) is 4.74 Å². The van der Waals surface area contributed by atoms with Gasteiger partial charge in [0.25, 0.3) is 0 Å². The molecule has 1 fully saturated rings. The molecule has 0 amide bonds. The van der Waals surface area contributed by atoms with E-state index in [-0.39, 0.29) is 0 Å². The number of thiazole rings is 1. The van der Waals surface area contributed by atoms with E-state index in [1.165, 1.54) is 11.6 Å². The number of hydrogen-bond acceptors (Lipinski definition) is 5. The van der Waals surface area contributed by atoms with Gasteiger partial charge in [0, 0.05) is 38.7 Å². The number of anilines is 1. The minimum atomic E-state index is 0.751. The van der Waals surface area contributed by atoms with Gasteiger partial charge in [-0.2, -0.15) is 0 Å². The third-order valence-electron chi connectivity index (χ3n) is 3.02. The van der Waals surface area contributed by atoms with E-state index < -0.39 is 0 Å². The minimum absolute atomic E-state index is 0.751. The number of aromatic nitrogens is 1. The highest BCUT2D eigenvalue weighted by Crippen LogP contribution is 2.26. The first-order valence-electron chi connectivity index (χ1n) is 6.18. The zero-order valence-corrected chi connectivity index (χ0v) is 11.4. The molecule has 0 radical (unpaired) electrons. The molecule has 0 aromatic carbocycles. The zero-order valence-electron chi connectivity index (χ0n) is 10.6. The van der Waals surface area contributed by atoms with Crippen LogP contribution in [-0.4, -0.2) is 38.3 Å². The maximum Gasteiger partial charge on any atom is 0.185 e. The van der Waals surface area contributed by atoms with Gasteiger partial charge in [0.05, 0.1) is 12.3 Å². The molecule has 5 heteroatoms. The predicted octanol–water partition coefficient (Wildman–Crippen LogP) is 1.73. The quantitative estimate of drug-likeness (QED) is 0.786. The van der Waals surface area contributed by atoms with E-state index in [2.05, 4.69) is 27.5 Å². The van der Waals surface area contributed by atoms with Crippen LogP contribution in [0.25, 0.3) is 0 Å². The van der Waals surface area contributed by atoms with Crippen molar-refractivity contribution in [3.05, 3.63) is 11.1 Å². The monoisotopic (exact) mass is 255 g/mol. The number of nitrogens with zero attached hydrogens (tertiary/aromatic N) is 2. The minimum Gasteiger partial charge on any atom is -0.383 e. The molecule has 1 saturated heterocycles. The zero-order chi connectivity index (χ0) is 12.1. The Bertz CT molecular complexity index is 342. The number of rotatable bonds is 6. The van der Waals surface area contributed by atoms with Crippen LogP contribution in [0.2, 0.25) is 0 Å². The second kappa shape index (κ2) is 6.33. The summed E-state index contributed by atoms with van der Waals surface area (Å²) in [5.74, 6) is 0.808. The van der Waals surface area contributed by atoms with E-state index in [9.17, 15) is 0 Å². The molecule has 1 aliphatic rings. The maximum absolute atomic E-state index is 4.99. The Morgan fingerprint density at radius 1 is 1.65 bits per heavy atom. The Hall–Kier alpha value is -0.650. The van der Waals surface area contributed by atoms with Crippen molar-refractivity contribution in [1.29, 1.82) is 0 Å². The van der Waals surface area contributed by atoms with Gasteiger partial charge in [-0.05, 0) is 12.3 Å². The fraction of sp³-hybridized carbons (Fsp3) is 0.750. The highest BCUT2D eigenvalue weighted by Gasteiger charge is 2.20. The van der Waals surface area contributed by atoms with Gasteiger partial charge in [-0.1, -0.05) is 6.92 Å². The number of nitrogens with one attached hydrogen (secondary N) is 1. The Morgan fingerprint density at radius 2 is 2.53 bits per heavy atom. The summed E-state index contributed by atoms with van der Waals surface area (Å²) in [7, 11) is 1.72. The Kier molecular flexibility index (Phi) is 4.76. The van der Waals surface area contributed by atoms with Gasteiger partial charge in [0.15, 0.2) is 5.13 Å². The third-order valence-corrected chi connectivity index (χ3v) is 3.97. The summed E-state index contributed by atoms with van der Waals surface area (Å²) in [4.78, 5) is 7.06. The molecule has 2 rings (SSSR count). The van der Waals surface area contributed by atoms with Crippen molar-refractivity contribution in [3.8, 4) is 0 Å². The highest BCUT2D eigenvalue weighted by molar-refractivity contribution is 7.13. The number of hydrogen-bond donors (Lipinski definition) is 1. The predicted molar refractivity (Wildman–Crippen MR) is 71.7 cm³/mol. The molecule has 0 bridgehead atoms. The molecular formula is C12H21N3OS. The molecule has 2 heterocycles. The molecule has 1 aliphatic heterocycles. The standard InChI is InChI=1S/C12H21N3OS/c1-10-3-5-15(8-10)12-14-11(9-17-12)7-13-4-6-16-2/h9-10,13H,3-8H2,1-2H3. The van der Waals surface area contributed by atoms with Gasteiger partial charge in [0.1, 0.15) is 0 Å². The second-order valence-electron chi connectivity index (χ2n) is 4.63. The fourth-order valence-electron chi connectivity index (χ4n) is 2.02. The van der Waals surface area contributed by atoms with Crippen LogP contribution in [0.5, 0.6) is 0 Å². The van der Waals surface area contributed by atoms with Crippen LogP contribution < -0.4 is 10.2 Å². The normalized spacial score (nSPS) is 20.1. The lowest BCUT2D eigenvalue weighted by molar-refractivity contribution is 0.199. The average Bonchev–Trinajstić information content (AvgIpc) is 2.93. The fourth-order valence-corrected chi connectivity index (χ4v) is 2.88. The van der Waals surface area contributed by atoms with Crippen molar-refractivity contribution >= 4 is 16.5 Å². The van der Waals surface area contributed by atoms with Gasteiger partial charge >= 0.3 is 0 Å². The van der Waals surface area contributed by atoms with Crippen LogP contribution in [0.15, 0.2) is 5.38 Å². The van der Waals surface area contributed by atoms with Gasteiger partial charge in [-0.25, -0.2) is 4.98 Å². The number of methoxy groups -OCH3 is 1. The summed E-state index contributed by atoms with van der Waals surface area (Å²) in [6.07, 6.45) is 1.29. The first-order valence-corrected chi connectivity index (χ1v) is 7.06. The van der Waals surface area contributed by atoms with Crippen molar-refractivity contribution in [1.82, 2.24) is 10.3 Å². The summed E-state index contributed by atoms with van der Waals surface area (Å²) in [6.45, 7) is 7.09. The first kappa shape index (κ1) is 12.8. The Balaban J connectivity index is 1.79. The maximum atomic E-state index is 4.99. The molecular weight excluding hydrogens is 234 g/mol. The van der Waals surface area contributed by atoms with Crippen molar-refractivity contribution in [2.24, 2.45) is 5.92 Å². The molecule has 96 valence electrons. The molecule has 1 aromatic rings. The summed E-state index contributed by atoms with van der Waals surface area (Å²) >= 11 is 1.76. The van der Waals surface area contributed by atoms with E-state index in [1.54, 1.807) is 18.4 Å². The Morgan fingerprint density at radius 3 is 3.24 bits per heavy atom. The average molecular weight is 255 g/mol. The van der Waals surface area contributed by atoms with Crippen LogP contribution in [0, 0.1) is 5.92 Å². The third kappa shape index (κ3) is 3.66. The van der Waals surface area contributed by atoms with Gasteiger partial charge in [-0.3, -0.25) is 0 Å². The molecule has 1 unspecified atom stereocenters. The summed E-state index contributed by atoms with van der Waals surface area (Å²) in [5.41, 5.74) is 1.14. The molecule has 4 nitrogen and oxygen atoms in total. The first-order chi connectivity index (χ1) is 8.29. The SMILES string of the molecule is COCCNCc1csc(N2CCC(C)C2)n1.